The molecule has 0 aliphatic rings. The van der Waals surface area contributed by atoms with Crippen molar-refractivity contribution >= 4 is 46.6 Å². The van der Waals surface area contributed by atoms with E-state index >= 15 is 0 Å². The number of carbonyl (C=O) groups is 1. The molecule has 1 N–H and O–H groups in total. The lowest BCUT2D eigenvalue weighted by atomic mass is 9.96. The Morgan fingerprint density at radius 2 is 1.59 bits per heavy atom. The zero-order valence-electron chi connectivity index (χ0n) is 13.9. The third-order valence-corrected chi connectivity index (χ3v) is 5.02. The maximum absolute atomic E-state index is 14.5. The zero-order chi connectivity index (χ0) is 22.1. The Kier molecular flexibility index (Phi) is 7.14. The highest BCUT2D eigenvalue weighted by molar-refractivity contribution is 6.48. The van der Waals surface area contributed by atoms with E-state index in [4.69, 9.17) is 39.9 Å². The lowest BCUT2D eigenvalue weighted by Gasteiger charge is -2.15. The molecule has 0 aromatic heterocycles. The van der Waals surface area contributed by atoms with E-state index in [1.165, 1.54) is 0 Å². The minimum Gasteiger partial charge on any atom is -0.478 e. The fraction of sp³-hybridized carbons (Fsp3) is 0.167. The average molecular weight is 478 g/mol. The molecule has 0 bridgehead atoms. The van der Waals surface area contributed by atoms with E-state index in [9.17, 15) is 31.1 Å². The summed E-state index contributed by atoms with van der Waals surface area (Å²) in [5.41, 5.74) is -3.65. The minimum atomic E-state index is -5.09. The van der Waals surface area contributed by atoms with Gasteiger partial charge in [-0.3, -0.25) is 0 Å². The Bertz CT molecular complexity index is 950. The van der Waals surface area contributed by atoms with Crippen molar-refractivity contribution in [3.63, 3.8) is 0 Å². The molecule has 0 amide bonds. The summed E-state index contributed by atoms with van der Waals surface area (Å²) in [6.07, 6.45) is -7.85. The van der Waals surface area contributed by atoms with Gasteiger partial charge in [0.15, 0.2) is 0 Å². The van der Waals surface area contributed by atoms with E-state index in [0.717, 1.165) is 18.2 Å². The predicted octanol–water partition coefficient (Wildman–Crippen LogP) is 7.72. The quantitative estimate of drug-likeness (QED) is 0.353. The van der Waals surface area contributed by atoms with Gasteiger partial charge >= 0.3 is 12.1 Å². The normalized spacial score (nSPS) is 13.7. The van der Waals surface area contributed by atoms with E-state index in [2.05, 4.69) is 0 Å². The van der Waals surface area contributed by atoms with E-state index < -0.39 is 47.0 Å². The van der Waals surface area contributed by atoms with Gasteiger partial charge in [0.1, 0.15) is 5.83 Å². The van der Waals surface area contributed by atoms with Crippen LogP contribution in [-0.2, 0) is 6.18 Å². The summed E-state index contributed by atoms with van der Waals surface area (Å²) < 4.78 is 80.7. The molecule has 0 aliphatic heterocycles. The third kappa shape index (κ3) is 5.38. The van der Waals surface area contributed by atoms with Gasteiger partial charge in [-0.1, -0.05) is 40.9 Å². The maximum Gasteiger partial charge on any atom is 0.417 e. The Labute approximate surface area is 175 Å². The van der Waals surface area contributed by atoms with Crippen molar-refractivity contribution in [2.75, 3.05) is 0 Å². The predicted molar refractivity (Wildman–Crippen MR) is 97.7 cm³/mol. The molecule has 156 valence electrons. The van der Waals surface area contributed by atoms with Crippen LogP contribution in [0.3, 0.4) is 0 Å². The molecule has 1 unspecified atom stereocenters. The van der Waals surface area contributed by atoms with Gasteiger partial charge in [0.2, 0.25) is 6.43 Å². The molecule has 1 atom stereocenters. The van der Waals surface area contributed by atoms with Crippen molar-refractivity contribution in [2.24, 2.45) is 0 Å². The Hall–Kier alpha value is -1.90. The van der Waals surface area contributed by atoms with E-state index in [1.54, 1.807) is 0 Å². The van der Waals surface area contributed by atoms with Crippen molar-refractivity contribution in [1.29, 1.82) is 0 Å². The maximum atomic E-state index is 14.5. The zero-order valence-corrected chi connectivity index (χ0v) is 16.1. The number of allylic oxidation sites excluding steroid dienone is 1. The molecular weight excluding hydrogens is 469 g/mol. The minimum absolute atomic E-state index is 0.103. The standard InChI is InChI=1S/C18H9Cl3F6O2/c19-12-4-8(5-13(20)15(12)21)10(16(23)24)6-14(22)7-1-2-9(17(28)29)11(3-7)18(25,26)27/h1-6,10,16H,(H,28,29). The highest BCUT2D eigenvalue weighted by Gasteiger charge is 2.36. The number of carboxylic acid groups (broad SMARTS) is 1. The van der Waals surface area contributed by atoms with Crippen molar-refractivity contribution < 1.29 is 36.2 Å². The molecule has 0 saturated heterocycles. The monoisotopic (exact) mass is 476 g/mol. The fourth-order valence-corrected chi connectivity index (χ4v) is 3.06. The van der Waals surface area contributed by atoms with Crippen LogP contribution >= 0.6 is 34.8 Å². The molecule has 2 aromatic carbocycles. The van der Waals surface area contributed by atoms with Crippen LogP contribution in [0.15, 0.2) is 36.4 Å². The first-order valence-corrected chi connectivity index (χ1v) is 8.71. The van der Waals surface area contributed by atoms with Crippen LogP contribution in [0.4, 0.5) is 26.3 Å². The van der Waals surface area contributed by atoms with Crippen LogP contribution < -0.4 is 0 Å². The molecule has 0 aliphatic carbocycles. The second-order valence-corrected chi connectivity index (χ2v) is 6.93. The van der Waals surface area contributed by atoms with Gasteiger partial charge in [0.05, 0.1) is 32.1 Å². The molecule has 29 heavy (non-hydrogen) atoms. The SMILES string of the molecule is O=C(O)c1ccc(C(F)=CC(c2cc(Cl)c(Cl)c(Cl)c2)C(F)F)cc1C(F)(F)F. The molecule has 0 spiro atoms. The number of benzene rings is 2. The lowest BCUT2D eigenvalue weighted by molar-refractivity contribution is -0.138. The number of rotatable bonds is 5. The summed E-state index contributed by atoms with van der Waals surface area (Å²) in [5.74, 6) is -5.19. The molecule has 0 saturated carbocycles. The van der Waals surface area contributed by atoms with Crippen LogP contribution in [-0.4, -0.2) is 17.5 Å². The largest absolute Gasteiger partial charge is 0.478 e. The Morgan fingerprint density at radius 1 is 1.03 bits per heavy atom. The van der Waals surface area contributed by atoms with Gasteiger partial charge in [0, 0.05) is 5.56 Å². The van der Waals surface area contributed by atoms with Crippen LogP contribution in [0.25, 0.3) is 5.83 Å². The molecule has 0 radical (unpaired) electrons. The number of carboxylic acids is 1. The van der Waals surface area contributed by atoms with Gasteiger partial charge in [-0.15, -0.1) is 0 Å². The number of alkyl halides is 5. The molecule has 2 rings (SSSR count). The Balaban J connectivity index is 2.56. The van der Waals surface area contributed by atoms with Gasteiger partial charge in [-0.25, -0.2) is 18.0 Å². The van der Waals surface area contributed by atoms with Crippen LogP contribution in [0.1, 0.15) is 33.0 Å². The second kappa shape index (κ2) is 8.85. The van der Waals surface area contributed by atoms with Gasteiger partial charge < -0.3 is 5.11 Å². The molecule has 2 nitrogen and oxygen atoms in total. The van der Waals surface area contributed by atoms with Gasteiger partial charge in [-0.05, 0) is 35.9 Å². The summed E-state index contributed by atoms with van der Waals surface area (Å²) in [5, 5.41) is 8.42. The molecule has 2 aromatic rings. The average Bonchev–Trinajstić information content (AvgIpc) is 2.61. The number of hydrogen-bond acceptors (Lipinski definition) is 1. The van der Waals surface area contributed by atoms with E-state index in [0.29, 0.717) is 12.1 Å². The molecule has 11 heteroatoms. The second-order valence-electron chi connectivity index (χ2n) is 5.74. The number of aromatic carboxylic acids is 1. The van der Waals surface area contributed by atoms with Crippen LogP contribution in [0.5, 0.6) is 0 Å². The topological polar surface area (TPSA) is 37.3 Å². The van der Waals surface area contributed by atoms with Gasteiger partial charge in [0.25, 0.3) is 0 Å². The summed E-state index contributed by atoms with van der Waals surface area (Å²) in [7, 11) is 0. The summed E-state index contributed by atoms with van der Waals surface area (Å²) in [6.45, 7) is 0. The molecule has 0 heterocycles. The number of halogens is 9. The first kappa shape index (κ1) is 23.4. The van der Waals surface area contributed by atoms with Crippen molar-refractivity contribution in [1.82, 2.24) is 0 Å². The first-order valence-electron chi connectivity index (χ1n) is 7.57. The summed E-state index contributed by atoms with van der Waals surface area (Å²) >= 11 is 17.3. The van der Waals surface area contributed by atoms with Crippen molar-refractivity contribution in [3.05, 3.63) is 73.7 Å². The summed E-state index contributed by atoms with van der Waals surface area (Å²) in [4.78, 5) is 10.9. The third-order valence-electron chi connectivity index (χ3n) is 3.82. The Morgan fingerprint density at radius 3 is 2.03 bits per heavy atom. The number of hydrogen-bond donors (Lipinski definition) is 1. The lowest BCUT2D eigenvalue weighted by Crippen LogP contribution is -2.13. The van der Waals surface area contributed by atoms with Gasteiger partial charge in [-0.2, -0.15) is 13.2 Å². The molecule has 0 fully saturated rings. The van der Waals surface area contributed by atoms with Crippen LogP contribution in [0, 0.1) is 0 Å². The smallest absolute Gasteiger partial charge is 0.417 e. The van der Waals surface area contributed by atoms with E-state index in [1.807, 2.05) is 0 Å². The highest BCUT2D eigenvalue weighted by atomic mass is 35.5. The highest BCUT2D eigenvalue weighted by Crippen LogP contribution is 2.38. The summed E-state index contributed by atoms with van der Waals surface area (Å²) in [6, 6.07) is 3.59. The first-order chi connectivity index (χ1) is 13.3. The molecular formula is C18H9Cl3F6O2. The van der Waals surface area contributed by atoms with Crippen LogP contribution in [0.2, 0.25) is 15.1 Å². The van der Waals surface area contributed by atoms with Crippen molar-refractivity contribution in [3.8, 4) is 0 Å². The van der Waals surface area contributed by atoms with E-state index in [-0.39, 0.29) is 26.7 Å². The van der Waals surface area contributed by atoms with Crippen molar-refractivity contribution in [2.45, 2.75) is 18.5 Å². The fourth-order valence-electron chi connectivity index (χ4n) is 2.45.